The van der Waals surface area contributed by atoms with Gasteiger partial charge in [-0.05, 0) is 13.0 Å². The summed E-state index contributed by atoms with van der Waals surface area (Å²) in [6.45, 7) is 1.96. The minimum absolute atomic E-state index is 0.117. The van der Waals surface area contributed by atoms with Gasteiger partial charge in [0.2, 0.25) is 5.95 Å². The Kier molecular flexibility index (Phi) is 2.74. The Balaban J connectivity index is 2.65. The van der Waals surface area contributed by atoms with E-state index < -0.39 is 5.91 Å². The van der Waals surface area contributed by atoms with E-state index in [1.165, 1.54) is 6.20 Å². The number of hydrogen-bond acceptors (Lipinski definition) is 4. The van der Waals surface area contributed by atoms with Gasteiger partial charge < -0.3 is 11.5 Å². The van der Waals surface area contributed by atoms with Gasteiger partial charge in [0.05, 0.1) is 11.3 Å². The number of amides is 1. The molecule has 2 aromatic rings. The molecule has 5 heteroatoms. The number of nitrogens with two attached hydrogens (primary N) is 2. The summed E-state index contributed by atoms with van der Waals surface area (Å²) in [5.41, 5.74) is 13.4. The smallest absolute Gasteiger partial charge is 0.252 e. The standard InChI is InChI=1S/C12H12N4O/c1-7-3-2-4-8(5-7)10-9(11(13)17)6-15-12(14)16-10/h2-6H,1H3,(H2,13,17)(H2,14,15,16). The Hall–Kier alpha value is -2.43. The van der Waals surface area contributed by atoms with Crippen LogP contribution in [0.2, 0.25) is 0 Å². The van der Waals surface area contributed by atoms with Gasteiger partial charge in [-0.1, -0.05) is 23.8 Å². The summed E-state index contributed by atoms with van der Waals surface area (Å²) in [5, 5.41) is 0. The Morgan fingerprint density at radius 1 is 1.35 bits per heavy atom. The van der Waals surface area contributed by atoms with Crippen molar-refractivity contribution >= 4 is 11.9 Å². The summed E-state index contributed by atoms with van der Waals surface area (Å²) in [5.74, 6) is -0.451. The van der Waals surface area contributed by atoms with Crippen LogP contribution in [-0.2, 0) is 0 Å². The minimum Gasteiger partial charge on any atom is -0.368 e. The fourth-order valence-electron chi connectivity index (χ4n) is 1.59. The fourth-order valence-corrected chi connectivity index (χ4v) is 1.59. The van der Waals surface area contributed by atoms with Crippen LogP contribution in [0.1, 0.15) is 15.9 Å². The number of aromatic nitrogens is 2. The van der Waals surface area contributed by atoms with Crippen LogP contribution in [0.5, 0.6) is 0 Å². The monoisotopic (exact) mass is 228 g/mol. The quantitative estimate of drug-likeness (QED) is 0.805. The second-order valence-electron chi connectivity index (χ2n) is 3.72. The number of rotatable bonds is 2. The third-order valence-electron chi connectivity index (χ3n) is 2.36. The molecule has 0 aliphatic rings. The van der Waals surface area contributed by atoms with E-state index in [1.807, 2.05) is 31.2 Å². The van der Waals surface area contributed by atoms with Gasteiger partial charge in [0, 0.05) is 11.8 Å². The molecule has 17 heavy (non-hydrogen) atoms. The van der Waals surface area contributed by atoms with Crippen LogP contribution in [0, 0.1) is 6.92 Å². The molecule has 2 rings (SSSR count). The van der Waals surface area contributed by atoms with Gasteiger partial charge >= 0.3 is 0 Å². The Morgan fingerprint density at radius 3 is 2.76 bits per heavy atom. The number of hydrogen-bond donors (Lipinski definition) is 2. The molecule has 0 saturated heterocycles. The van der Waals surface area contributed by atoms with Gasteiger partial charge in [0.25, 0.3) is 5.91 Å². The van der Waals surface area contributed by atoms with E-state index in [4.69, 9.17) is 11.5 Å². The molecule has 1 aromatic carbocycles. The second-order valence-corrected chi connectivity index (χ2v) is 3.72. The van der Waals surface area contributed by atoms with E-state index >= 15 is 0 Å². The van der Waals surface area contributed by atoms with Crippen molar-refractivity contribution in [2.24, 2.45) is 5.73 Å². The fraction of sp³-hybridized carbons (Fsp3) is 0.0833. The highest BCUT2D eigenvalue weighted by molar-refractivity contribution is 5.98. The zero-order valence-electron chi connectivity index (χ0n) is 9.34. The first kappa shape index (κ1) is 11.1. The third-order valence-corrected chi connectivity index (χ3v) is 2.36. The van der Waals surface area contributed by atoms with Crippen molar-refractivity contribution in [3.8, 4) is 11.3 Å². The van der Waals surface area contributed by atoms with E-state index in [2.05, 4.69) is 9.97 Å². The Bertz CT molecular complexity index is 580. The maximum absolute atomic E-state index is 11.3. The zero-order chi connectivity index (χ0) is 12.4. The lowest BCUT2D eigenvalue weighted by atomic mass is 10.0. The first-order valence-electron chi connectivity index (χ1n) is 5.07. The van der Waals surface area contributed by atoms with Crippen LogP contribution in [0.25, 0.3) is 11.3 Å². The third kappa shape index (κ3) is 2.23. The zero-order valence-corrected chi connectivity index (χ0v) is 9.34. The predicted octanol–water partition coefficient (Wildman–Crippen LogP) is 1.13. The highest BCUT2D eigenvalue weighted by Gasteiger charge is 2.12. The van der Waals surface area contributed by atoms with Crippen LogP contribution in [-0.4, -0.2) is 15.9 Å². The van der Waals surface area contributed by atoms with Gasteiger partial charge in [-0.15, -0.1) is 0 Å². The summed E-state index contributed by atoms with van der Waals surface area (Å²) in [6.07, 6.45) is 1.35. The summed E-state index contributed by atoms with van der Waals surface area (Å²) >= 11 is 0. The van der Waals surface area contributed by atoms with E-state index in [0.29, 0.717) is 5.69 Å². The van der Waals surface area contributed by atoms with Gasteiger partial charge in [-0.3, -0.25) is 4.79 Å². The number of nitrogen functional groups attached to an aromatic ring is 1. The highest BCUT2D eigenvalue weighted by Crippen LogP contribution is 2.22. The molecule has 1 aromatic heterocycles. The molecule has 1 amide bonds. The van der Waals surface area contributed by atoms with Crippen molar-refractivity contribution in [1.29, 1.82) is 0 Å². The van der Waals surface area contributed by atoms with Crippen molar-refractivity contribution in [1.82, 2.24) is 9.97 Å². The summed E-state index contributed by atoms with van der Waals surface area (Å²) in [4.78, 5) is 19.1. The normalized spacial score (nSPS) is 10.2. The molecule has 0 radical (unpaired) electrons. The number of benzene rings is 1. The molecule has 0 spiro atoms. The molecular weight excluding hydrogens is 216 g/mol. The lowest BCUT2D eigenvalue weighted by molar-refractivity contribution is 0.100. The van der Waals surface area contributed by atoms with E-state index in [1.54, 1.807) is 0 Å². The number of carbonyl (C=O) groups excluding carboxylic acids is 1. The van der Waals surface area contributed by atoms with Crippen LogP contribution in [0.3, 0.4) is 0 Å². The lowest BCUT2D eigenvalue weighted by Gasteiger charge is -2.06. The predicted molar refractivity (Wildman–Crippen MR) is 65.1 cm³/mol. The summed E-state index contributed by atoms with van der Waals surface area (Å²) in [6, 6.07) is 7.60. The van der Waals surface area contributed by atoms with Crippen molar-refractivity contribution in [2.45, 2.75) is 6.92 Å². The van der Waals surface area contributed by atoms with Gasteiger partial charge in [0.1, 0.15) is 0 Å². The van der Waals surface area contributed by atoms with Crippen molar-refractivity contribution in [3.05, 3.63) is 41.6 Å². The molecule has 0 bridgehead atoms. The molecular formula is C12H12N4O. The molecule has 0 fully saturated rings. The van der Waals surface area contributed by atoms with Crippen LogP contribution in [0.4, 0.5) is 5.95 Å². The molecule has 1 heterocycles. The van der Waals surface area contributed by atoms with Crippen molar-refractivity contribution < 1.29 is 4.79 Å². The van der Waals surface area contributed by atoms with Crippen LogP contribution < -0.4 is 11.5 Å². The molecule has 0 aliphatic heterocycles. The first-order chi connectivity index (χ1) is 8.08. The van der Waals surface area contributed by atoms with Gasteiger partial charge in [-0.2, -0.15) is 0 Å². The maximum Gasteiger partial charge on any atom is 0.252 e. The number of carbonyl (C=O) groups is 1. The molecule has 5 nitrogen and oxygen atoms in total. The van der Waals surface area contributed by atoms with Crippen molar-refractivity contribution in [2.75, 3.05) is 5.73 Å². The largest absolute Gasteiger partial charge is 0.368 e. The van der Waals surface area contributed by atoms with Gasteiger partial charge in [0.15, 0.2) is 0 Å². The van der Waals surface area contributed by atoms with E-state index in [0.717, 1.165) is 11.1 Å². The highest BCUT2D eigenvalue weighted by atomic mass is 16.1. The Labute approximate surface area is 98.5 Å². The average Bonchev–Trinajstić information content (AvgIpc) is 2.28. The average molecular weight is 228 g/mol. The molecule has 0 saturated carbocycles. The molecule has 0 unspecified atom stereocenters. The number of aryl methyl sites for hydroxylation is 1. The number of primary amides is 1. The number of anilines is 1. The van der Waals surface area contributed by atoms with Crippen LogP contribution in [0.15, 0.2) is 30.5 Å². The first-order valence-corrected chi connectivity index (χ1v) is 5.07. The SMILES string of the molecule is Cc1cccc(-c2nc(N)ncc2C(N)=O)c1. The molecule has 0 aliphatic carbocycles. The number of nitrogens with zero attached hydrogens (tertiary/aromatic N) is 2. The van der Waals surface area contributed by atoms with E-state index in [-0.39, 0.29) is 11.5 Å². The van der Waals surface area contributed by atoms with Crippen molar-refractivity contribution in [3.63, 3.8) is 0 Å². The maximum atomic E-state index is 11.3. The Morgan fingerprint density at radius 2 is 2.12 bits per heavy atom. The lowest BCUT2D eigenvalue weighted by Crippen LogP contribution is -2.14. The van der Waals surface area contributed by atoms with Crippen LogP contribution >= 0.6 is 0 Å². The molecule has 86 valence electrons. The molecule has 0 atom stereocenters. The summed E-state index contributed by atoms with van der Waals surface area (Å²) < 4.78 is 0. The van der Waals surface area contributed by atoms with Gasteiger partial charge in [-0.25, -0.2) is 9.97 Å². The summed E-state index contributed by atoms with van der Waals surface area (Å²) in [7, 11) is 0. The minimum atomic E-state index is -0.568. The second kappa shape index (κ2) is 4.21. The van der Waals surface area contributed by atoms with E-state index in [9.17, 15) is 4.79 Å². The molecule has 4 N–H and O–H groups in total. The topological polar surface area (TPSA) is 94.9 Å².